The van der Waals surface area contributed by atoms with E-state index in [0.29, 0.717) is 12.1 Å². The Balaban J connectivity index is 1.92. The van der Waals surface area contributed by atoms with Crippen LogP contribution in [0.3, 0.4) is 0 Å². The summed E-state index contributed by atoms with van der Waals surface area (Å²) < 4.78 is 0. The van der Waals surface area contributed by atoms with E-state index in [9.17, 15) is 4.79 Å². The zero-order chi connectivity index (χ0) is 14.3. The molecule has 2 N–H and O–H groups in total. The zero-order valence-electron chi connectivity index (χ0n) is 11.0. The maximum atomic E-state index is 12.6. The molecule has 0 aliphatic carbocycles. The Morgan fingerprint density at radius 1 is 1.55 bits per heavy atom. The second kappa shape index (κ2) is 5.07. The maximum absolute atomic E-state index is 12.6. The number of carbonyl (C=O) groups is 1. The lowest BCUT2D eigenvalue weighted by Crippen LogP contribution is -2.38. The highest BCUT2D eigenvalue weighted by atomic mass is 35.5. The van der Waals surface area contributed by atoms with Crippen molar-refractivity contribution < 1.29 is 4.79 Å². The first-order valence-electron chi connectivity index (χ1n) is 6.36. The van der Waals surface area contributed by atoms with Gasteiger partial charge in [-0.05, 0) is 42.5 Å². The Bertz CT molecular complexity index is 650. The molecule has 0 bridgehead atoms. The molecule has 0 saturated heterocycles. The van der Waals surface area contributed by atoms with Crippen LogP contribution in [0.4, 0.5) is 5.82 Å². The Morgan fingerprint density at radius 3 is 3.10 bits per heavy atom. The molecule has 2 aromatic heterocycles. The smallest absolute Gasteiger partial charge is 0.254 e. The Kier molecular flexibility index (Phi) is 3.40. The van der Waals surface area contributed by atoms with Gasteiger partial charge in [-0.15, -0.1) is 11.3 Å². The molecular weight excluding hydrogens is 294 g/mol. The molecule has 2 aromatic rings. The topological polar surface area (TPSA) is 59.2 Å². The predicted octanol–water partition coefficient (Wildman–Crippen LogP) is 3.14. The lowest BCUT2D eigenvalue weighted by molar-refractivity contribution is 0.0679. The summed E-state index contributed by atoms with van der Waals surface area (Å²) in [7, 11) is 0. The summed E-state index contributed by atoms with van der Waals surface area (Å²) >= 11 is 7.63. The summed E-state index contributed by atoms with van der Waals surface area (Å²) in [6.45, 7) is 2.77. The molecule has 1 amide bonds. The number of hydrogen-bond acceptors (Lipinski definition) is 4. The first-order chi connectivity index (χ1) is 9.56. The molecule has 0 radical (unpaired) electrons. The van der Waals surface area contributed by atoms with Gasteiger partial charge in [0.1, 0.15) is 11.0 Å². The minimum absolute atomic E-state index is 0.0506. The molecule has 1 aliphatic heterocycles. The molecule has 20 heavy (non-hydrogen) atoms. The fourth-order valence-corrected chi connectivity index (χ4v) is 3.77. The van der Waals surface area contributed by atoms with Crippen LogP contribution in [0.2, 0.25) is 5.15 Å². The van der Waals surface area contributed by atoms with Gasteiger partial charge in [0.2, 0.25) is 0 Å². The predicted molar refractivity (Wildman–Crippen MR) is 81.1 cm³/mol. The van der Waals surface area contributed by atoms with Gasteiger partial charge in [0.05, 0.1) is 6.04 Å². The van der Waals surface area contributed by atoms with Crippen molar-refractivity contribution in [3.05, 3.63) is 44.7 Å². The van der Waals surface area contributed by atoms with E-state index >= 15 is 0 Å². The first-order valence-corrected chi connectivity index (χ1v) is 7.62. The second-order valence-electron chi connectivity index (χ2n) is 4.83. The summed E-state index contributed by atoms with van der Waals surface area (Å²) in [6.07, 6.45) is 0.900. The average Bonchev–Trinajstić information content (AvgIpc) is 2.86. The monoisotopic (exact) mass is 307 g/mol. The summed E-state index contributed by atoms with van der Waals surface area (Å²) in [6, 6.07) is 5.31. The van der Waals surface area contributed by atoms with Crippen LogP contribution in [-0.4, -0.2) is 22.3 Å². The Labute approximate surface area is 126 Å². The van der Waals surface area contributed by atoms with Crippen molar-refractivity contribution >= 4 is 34.7 Å². The van der Waals surface area contributed by atoms with Crippen molar-refractivity contribution in [2.45, 2.75) is 19.4 Å². The standard InChI is InChI=1S/C14H14ClN3OS/c1-8-10-3-5-20-11(10)2-4-18(8)14(19)9-6-12(15)17-13(16)7-9/h3,5-8H,2,4H2,1H3,(H2,16,17). The summed E-state index contributed by atoms with van der Waals surface area (Å²) in [4.78, 5) is 19.7. The van der Waals surface area contributed by atoms with E-state index in [1.165, 1.54) is 10.4 Å². The summed E-state index contributed by atoms with van der Waals surface area (Å²) in [5.74, 6) is 0.215. The van der Waals surface area contributed by atoms with E-state index in [2.05, 4.69) is 23.4 Å². The third-order valence-electron chi connectivity index (χ3n) is 3.60. The van der Waals surface area contributed by atoms with Crippen LogP contribution in [0.5, 0.6) is 0 Å². The number of pyridine rings is 1. The molecular formula is C14H14ClN3OS. The summed E-state index contributed by atoms with van der Waals surface area (Å²) in [5, 5.41) is 2.32. The van der Waals surface area contributed by atoms with Crippen LogP contribution in [-0.2, 0) is 6.42 Å². The second-order valence-corrected chi connectivity index (χ2v) is 6.21. The van der Waals surface area contributed by atoms with E-state index in [1.807, 2.05) is 4.90 Å². The summed E-state index contributed by atoms with van der Waals surface area (Å²) in [5.41, 5.74) is 7.39. The van der Waals surface area contributed by atoms with Gasteiger partial charge in [0.25, 0.3) is 5.91 Å². The number of anilines is 1. The Morgan fingerprint density at radius 2 is 2.35 bits per heavy atom. The molecule has 1 unspecified atom stereocenters. The number of thiophene rings is 1. The fraction of sp³-hybridized carbons (Fsp3) is 0.286. The minimum Gasteiger partial charge on any atom is -0.384 e. The number of hydrogen-bond donors (Lipinski definition) is 1. The van der Waals surface area contributed by atoms with Gasteiger partial charge in [0, 0.05) is 17.0 Å². The van der Waals surface area contributed by atoms with Gasteiger partial charge >= 0.3 is 0 Å². The van der Waals surface area contributed by atoms with Crippen LogP contribution in [0.25, 0.3) is 0 Å². The number of nitrogen functional groups attached to an aromatic ring is 1. The molecule has 1 aliphatic rings. The quantitative estimate of drug-likeness (QED) is 0.823. The molecule has 1 atom stereocenters. The highest BCUT2D eigenvalue weighted by Crippen LogP contribution is 2.33. The lowest BCUT2D eigenvalue weighted by Gasteiger charge is -2.33. The molecule has 4 nitrogen and oxygen atoms in total. The number of halogens is 1. The fourth-order valence-electron chi connectivity index (χ4n) is 2.59. The van der Waals surface area contributed by atoms with Gasteiger partial charge in [0.15, 0.2) is 0 Å². The van der Waals surface area contributed by atoms with Crippen LogP contribution >= 0.6 is 22.9 Å². The van der Waals surface area contributed by atoms with Gasteiger partial charge in [-0.2, -0.15) is 0 Å². The molecule has 0 fully saturated rings. The van der Waals surface area contributed by atoms with Gasteiger partial charge in [-0.3, -0.25) is 4.79 Å². The number of amides is 1. The lowest BCUT2D eigenvalue weighted by atomic mass is 10.0. The molecule has 3 rings (SSSR count). The Hall–Kier alpha value is -1.59. The van der Waals surface area contributed by atoms with Gasteiger partial charge in [-0.25, -0.2) is 4.98 Å². The van der Waals surface area contributed by atoms with E-state index < -0.39 is 0 Å². The number of rotatable bonds is 1. The molecule has 104 valence electrons. The van der Waals surface area contributed by atoms with Crippen LogP contribution in [0.1, 0.15) is 33.8 Å². The number of fused-ring (bicyclic) bond motifs is 1. The van der Waals surface area contributed by atoms with Gasteiger partial charge in [-0.1, -0.05) is 11.6 Å². The van der Waals surface area contributed by atoms with Crippen LogP contribution in [0.15, 0.2) is 23.6 Å². The maximum Gasteiger partial charge on any atom is 0.254 e. The van der Waals surface area contributed by atoms with E-state index in [-0.39, 0.29) is 22.9 Å². The van der Waals surface area contributed by atoms with E-state index in [4.69, 9.17) is 17.3 Å². The van der Waals surface area contributed by atoms with Crippen LogP contribution < -0.4 is 5.73 Å². The van der Waals surface area contributed by atoms with Crippen molar-refractivity contribution in [2.75, 3.05) is 12.3 Å². The van der Waals surface area contributed by atoms with Crippen molar-refractivity contribution in [1.82, 2.24) is 9.88 Å². The van der Waals surface area contributed by atoms with Crippen molar-refractivity contribution in [3.8, 4) is 0 Å². The first kappa shape index (κ1) is 13.4. The molecule has 3 heterocycles. The van der Waals surface area contributed by atoms with Crippen molar-refractivity contribution in [3.63, 3.8) is 0 Å². The largest absolute Gasteiger partial charge is 0.384 e. The third-order valence-corrected chi connectivity index (χ3v) is 4.79. The third kappa shape index (κ3) is 2.27. The highest BCUT2D eigenvalue weighted by molar-refractivity contribution is 7.10. The van der Waals surface area contributed by atoms with Crippen molar-refractivity contribution in [2.24, 2.45) is 0 Å². The minimum atomic E-state index is -0.0506. The molecule has 0 aromatic carbocycles. The van der Waals surface area contributed by atoms with E-state index in [1.54, 1.807) is 23.5 Å². The number of aromatic nitrogens is 1. The SMILES string of the molecule is CC1c2ccsc2CCN1C(=O)c1cc(N)nc(Cl)c1. The number of carbonyl (C=O) groups excluding carboxylic acids is 1. The number of nitrogens with zero attached hydrogens (tertiary/aromatic N) is 2. The zero-order valence-corrected chi connectivity index (χ0v) is 12.5. The van der Waals surface area contributed by atoms with Crippen LogP contribution in [0, 0.1) is 0 Å². The van der Waals surface area contributed by atoms with Gasteiger partial charge < -0.3 is 10.6 Å². The average molecular weight is 308 g/mol. The molecule has 0 saturated carbocycles. The molecule has 6 heteroatoms. The molecule has 0 spiro atoms. The number of nitrogens with two attached hydrogens (primary N) is 1. The van der Waals surface area contributed by atoms with Crippen molar-refractivity contribution in [1.29, 1.82) is 0 Å². The normalized spacial score (nSPS) is 17.9. The van der Waals surface area contributed by atoms with E-state index in [0.717, 1.165) is 6.42 Å². The highest BCUT2D eigenvalue weighted by Gasteiger charge is 2.29.